The van der Waals surface area contributed by atoms with Gasteiger partial charge in [-0.3, -0.25) is 14.8 Å². The van der Waals surface area contributed by atoms with Gasteiger partial charge in [0.25, 0.3) is 0 Å². The smallest absolute Gasteiger partial charge is 0.153 e. The highest BCUT2D eigenvalue weighted by Crippen LogP contribution is 2.17. The Labute approximate surface area is 85.6 Å². The van der Waals surface area contributed by atoms with Crippen molar-refractivity contribution >= 4 is 6.29 Å². The van der Waals surface area contributed by atoms with Crippen molar-refractivity contribution in [3.8, 4) is 11.3 Å². The topological polar surface area (TPSA) is 42.9 Å². The number of halogens is 1. The molecule has 2 rings (SSSR count). The van der Waals surface area contributed by atoms with Gasteiger partial charge in [-0.15, -0.1) is 0 Å². The Kier molecular flexibility index (Phi) is 2.49. The molecule has 74 valence electrons. The lowest BCUT2D eigenvalue weighted by Gasteiger charge is -2.00. The summed E-state index contributed by atoms with van der Waals surface area (Å²) >= 11 is 0. The number of carbonyl (C=O) groups excluding carboxylic acids is 1. The number of hydrogen-bond acceptors (Lipinski definition) is 3. The Bertz CT molecular complexity index is 485. The van der Waals surface area contributed by atoms with Crippen molar-refractivity contribution < 1.29 is 9.18 Å². The number of hydrogen-bond donors (Lipinski definition) is 0. The Morgan fingerprint density at radius 1 is 1.33 bits per heavy atom. The first-order chi connectivity index (χ1) is 7.31. The van der Waals surface area contributed by atoms with E-state index in [0.29, 0.717) is 12.0 Å². The molecule has 0 fully saturated rings. The minimum absolute atomic E-state index is 0.00357. The van der Waals surface area contributed by atoms with E-state index < -0.39 is 5.82 Å². The first-order valence-electron chi connectivity index (χ1n) is 4.32. The average Bonchev–Trinajstić information content (AvgIpc) is 2.31. The van der Waals surface area contributed by atoms with Crippen LogP contribution in [0.3, 0.4) is 0 Å². The maximum atomic E-state index is 13.0. The Hall–Kier alpha value is -2.10. The summed E-state index contributed by atoms with van der Waals surface area (Å²) in [5.74, 6) is -0.613. The van der Waals surface area contributed by atoms with Gasteiger partial charge >= 0.3 is 0 Å². The predicted molar refractivity (Wildman–Crippen MR) is 52.8 cm³/mol. The fourth-order valence-electron chi connectivity index (χ4n) is 1.22. The maximum Gasteiger partial charge on any atom is 0.153 e. The van der Waals surface area contributed by atoms with Crippen LogP contribution < -0.4 is 0 Å². The number of aromatic nitrogens is 2. The van der Waals surface area contributed by atoms with Gasteiger partial charge in [0, 0.05) is 18.0 Å². The fourth-order valence-corrected chi connectivity index (χ4v) is 1.22. The van der Waals surface area contributed by atoms with Crippen LogP contribution in [0.2, 0.25) is 0 Å². The second kappa shape index (κ2) is 3.96. The van der Waals surface area contributed by atoms with Gasteiger partial charge in [-0.05, 0) is 18.2 Å². The molecule has 0 saturated carbocycles. The van der Waals surface area contributed by atoms with E-state index in [0.717, 1.165) is 11.8 Å². The van der Waals surface area contributed by atoms with Crippen LogP contribution in [0.5, 0.6) is 0 Å². The molecule has 15 heavy (non-hydrogen) atoms. The van der Waals surface area contributed by atoms with Gasteiger partial charge in [0.1, 0.15) is 0 Å². The highest BCUT2D eigenvalue weighted by Gasteiger charge is 2.05. The van der Waals surface area contributed by atoms with E-state index in [1.54, 1.807) is 24.5 Å². The van der Waals surface area contributed by atoms with Crippen LogP contribution in [0.1, 0.15) is 10.4 Å². The van der Waals surface area contributed by atoms with Crippen LogP contribution in [0.4, 0.5) is 4.39 Å². The summed E-state index contributed by atoms with van der Waals surface area (Å²) in [6, 6.07) is 4.95. The van der Waals surface area contributed by atoms with Crippen molar-refractivity contribution in [3.05, 3.63) is 48.2 Å². The lowest BCUT2D eigenvalue weighted by atomic mass is 10.1. The summed E-state index contributed by atoms with van der Waals surface area (Å²) in [5.41, 5.74) is 1.29. The van der Waals surface area contributed by atoms with Crippen LogP contribution in [0, 0.1) is 5.82 Å². The zero-order valence-electron chi connectivity index (χ0n) is 7.72. The summed E-state index contributed by atoms with van der Waals surface area (Å²) in [4.78, 5) is 18.3. The third-order valence-corrected chi connectivity index (χ3v) is 1.97. The van der Waals surface area contributed by atoms with E-state index >= 15 is 0 Å². The van der Waals surface area contributed by atoms with Crippen molar-refractivity contribution in [2.75, 3.05) is 0 Å². The summed E-state index contributed by atoms with van der Waals surface area (Å²) < 4.78 is 13.0. The summed E-state index contributed by atoms with van der Waals surface area (Å²) in [6.45, 7) is 0. The number of carbonyl (C=O) groups is 1. The normalized spacial score (nSPS) is 9.93. The largest absolute Gasteiger partial charge is 0.298 e. The number of pyridine rings is 2. The van der Waals surface area contributed by atoms with Crippen molar-refractivity contribution in [2.45, 2.75) is 0 Å². The standard InChI is InChI=1S/C11H7FN2O/c12-10-6-14-11(4-9(10)7-15)8-2-1-3-13-5-8/h1-7H. The Morgan fingerprint density at radius 2 is 2.20 bits per heavy atom. The minimum atomic E-state index is -0.613. The second-order valence-electron chi connectivity index (χ2n) is 2.95. The SMILES string of the molecule is O=Cc1cc(-c2cccnc2)ncc1F. The van der Waals surface area contributed by atoms with Crippen molar-refractivity contribution in [2.24, 2.45) is 0 Å². The highest BCUT2D eigenvalue weighted by atomic mass is 19.1. The molecular weight excluding hydrogens is 195 g/mol. The molecule has 0 N–H and O–H groups in total. The van der Waals surface area contributed by atoms with Gasteiger partial charge in [0.05, 0.1) is 17.5 Å². The van der Waals surface area contributed by atoms with Gasteiger partial charge in [0.2, 0.25) is 0 Å². The van der Waals surface area contributed by atoms with Crippen LogP contribution in [-0.2, 0) is 0 Å². The Morgan fingerprint density at radius 3 is 2.87 bits per heavy atom. The van der Waals surface area contributed by atoms with Crippen LogP contribution in [0.25, 0.3) is 11.3 Å². The van der Waals surface area contributed by atoms with Crippen molar-refractivity contribution in [3.63, 3.8) is 0 Å². The Balaban J connectivity index is 2.51. The molecule has 0 atom stereocenters. The van der Waals surface area contributed by atoms with E-state index in [9.17, 15) is 9.18 Å². The van der Waals surface area contributed by atoms with Crippen LogP contribution in [0.15, 0.2) is 36.8 Å². The molecular formula is C11H7FN2O. The highest BCUT2D eigenvalue weighted by molar-refractivity contribution is 5.77. The molecule has 0 aliphatic carbocycles. The monoisotopic (exact) mass is 202 g/mol. The molecule has 2 aromatic rings. The molecule has 0 spiro atoms. The van der Waals surface area contributed by atoms with Crippen LogP contribution in [-0.4, -0.2) is 16.3 Å². The summed E-state index contributed by atoms with van der Waals surface area (Å²) in [6.07, 6.45) is 4.74. The van der Waals surface area contributed by atoms with E-state index in [1.165, 1.54) is 6.07 Å². The van der Waals surface area contributed by atoms with Gasteiger partial charge < -0.3 is 0 Å². The molecule has 0 aliphatic rings. The molecule has 0 amide bonds. The average molecular weight is 202 g/mol. The molecule has 2 aromatic heterocycles. The third-order valence-electron chi connectivity index (χ3n) is 1.97. The first-order valence-corrected chi connectivity index (χ1v) is 4.32. The lowest BCUT2D eigenvalue weighted by molar-refractivity contribution is 0.111. The zero-order chi connectivity index (χ0) is 10.7. The van der Waals surface area contributed by atoms with E-state index in [1.807, 2.05) is 0 Å². The summed E-state index contributed by atoms with van der Waals surface area (Å²) in [5, 5.41) is 0. The molecule has 2 heterocycles. The molecule has 4 heteroatoms. The van der Waals surface area contributed by atoms with E-state index in [-0.39, 0.29) is 5.56 Å². The zero-order valence-corrected chi connectivity index (χ0v) is 7.72. The quantitative estimate of drug-likeness (QED) is 0.700. The molecule has 0 bridgehead atoms. The van der Waals surface area contributed by atoms with Gasteiger partial charge in [-0.1, -0.05) is 0 Å². The first kappa shape index (κ1) is 9.45. The second-order valence-corrected chi connectivity index (χ2v) is 2.95. The van der Waals surface area contributed by atoms with E-state index in [4.69, 9.17) is 0 Å². The van der Waals surface area contributed by atoms with Crippen molar-refractivity contribution in [1.82, 2.24) is 9.97 Å². The molecule has 0 radical (unpaired) electrons. The van der Waals surface area contributed by atoms with E-state index in [2.05, 4.69) is 9.97 Å². The maximum absolute atomic E-state index is 13.0. The fraction of sp³-hybridized carbons (Fsp3) is 0. The molecule has 0 saturated heterocycles. The number of nitrogens with zero attached hydrogens (tertiary/aromatic N) is 2. The minimum Gasteiger partial charge on any atom is -0.298 e. The molecule has 3 nitrogen and oxygen atoms in total. The lowest BCUT2D eigenvalue weighted by Crippen LogP contribution is -1.92. The number of aldehydes is 1. The third kappa shape index (κ3) is 1.88. The van der Waals surface area contributed by atoms with Crippen molar-refractivity contribution in [1.29, 1.82) is 0 Å². The summed E-state index contributed by atoms with van der Waals surface area (Å²) in [7, 11) is 0. The van der Waals surface area contributed by atoms with Crippen LogP contribution >= 0.6 is 0 Å². The van der Waals surface area contributed by atoms with Gasteiger partial charge in [-0.25, -0.2) is 4.39 Å². The van der Waals surface area contributed by atoms with Gasteiger partial charge in [0.15, 0.2) is 12.1 Å². The molecule has 0 aliphatic heterocycles. The predicted octanol–water partition coefficient (Wildman–Crippen LogP) is 2.10. The van der Waals surface area contributed by atoms with Gasteiger partial charge in [-0.2, -0.15) is 0 Å². The molecule has 0 aromatic carbocycles. The molecule has 0 unspecified atom stereocenters. The number of rotatable bonds is 2.